The van der Waals surface area contributed by atoms with Crippen LogP contribution in [-0.2, 0) is 36.8 Å². The maximum atomic E-state index is 12.5. The zero-order valence-electron chi connectivity index (χ0n) is 16.8. The van der Waals surface area contributed by atoms with E-state index in [0.717, 1.165) is 16.9 Å². The Labute approximate surface area is 174 Å². The Kier molecular flexibility index (Phi) is 5.42. The highest BCUT2D eigenvalue weighted by Crippen LogP contribution is 2.46. The lowest BCUT2D eigenvalue weighted by molar-refractivity contribution is -0.139. The summed E-state index contributed by atoms with van der Waals surface area (Å²) >= 11 is 0. The van der Waals surface area contributed by atoms with Gasteiger partial charge in [0.1, 0.15) is 24.1 Å². The largest absolute Gasteiger partial charge is 0.489 e. The molecule has 0 fully saturated rings. The number of esters is 2. The average molecular weight is 406 g/mol. The predicted molar refractivity (Wildman–Crippen MR) is 109 cm³/mol. The summed E-state index contributed by atoms with van der Waals surface area (Å²) in [5.74, 6) is -0.437. The van der Waals surface area contributed by atoms with Crippen LogP contribution in [0, 0.1) is 0 Å². The molecule has 0 unspecified atom stereocenters. The van der Waals surface area contributed by atoms with Gasteiger partial charge in [-0.25, -0.2) is 9.59 Å². The van der Waals surface area contributed by atoms with E-state index in [2.05, 4.69) is 0 Å². The number of hydrogen-bond donors (Lipinski definition) is 0. The van der Waals surface area contributed by atoms with E-state index in [4.69, 9.17) is 18.9 Å². The SMILES string of the molecule is COC(=O)C1=C(C(=O)OC)[C@]2(Cc3ccc(OCc4ccccc4)cc3)C=C[C@H]1O2. The fourth-order valence-corrected chi connectivity index (χ4v) is 3.87. The summed E-state index contributed by atoms with van der Waals surface area (Å²) in [6.07, 6.45) is 3.36. The summed E-state index contributed by atoms with van der Waals surface area (Å²) in [6.45, 7) is 0.482. The van der Waals surface area contributed by atoms with Gasteiger partial charge >= 0.3 is 11.9 Å². The van der Waals surface area contributed by atoms with Crippen molar-refractivity contribution in [1.29, 1.82) is 0 Å². The van der Waals surface area contributed by atoms with E-state index >= 15 is 0 Å². The third-order valence-corrected chi connectivity index (χ3v) is 5.29. The fourth-order valence-electron chi connectivity index (χ4n) is 3.87. The lowest BCUT2D eigenvalue weighted by Gasteiger charge is -2.25. The van der Waals surface area contributed by atoms with Crippen LogP contribution in [0.1, 0.15) is 11.1 Å². The highest BCUT2D eigenvalue weighted by Gasteiger charge is 2.54. The minimum absolute atomic E-state index is 0.203. The highest BCUT2D eigenvalue weighted by molar-refractivity contribution is 6.05. The lowest BCUT2D eigenvalue weighted by atomic mass is 9.82. The maximum absolute atomic E-state index is 12.5. The number of carbonyl (C=O) groups is 2. The summed E-state index contributed by atoms with van der Waals surface area (Å²) < 4.78 is 21.7. The van der Waals surface area contributed by atoms with Crippen LogP contribution in [-0.4, -0.2) is 37.9 Å². The summed E-state index contributed by atoms with van der Waals surface area (Å²) in [4.78, 5) is 24.7. The second kappa shape index (κ2) is 8.16. The number of rotatable bonds is 7. The number of carbonyl (C=O) groups excluding carboxylic acids is 2. The van der Waals surface area contributed by atoms with Crippen molar-refractivity contribution in [3.05, 3.63) is 89.0 Å². The van der Waals surface area contributed by atoms with E-state index in [1.165, 1.54) is 14.2 Å². The zero-order valence-corrected chi connectivity index (χ0v) is 16.8. The van der Waals surface area contributed by atoms with Gasteiger partial charge in [-0.15, -0.1) is 0 Å². The molecule has 0 spiro atoms. The molecule has 2 aliphatic heterocycles. The first-order valence-electron chi connectivity index (χ1n) is 9.60. The van der Waals surface area contributed by atoms with Crippen molar-refractivity contribution in [1.82, 2.24) is 0 Å². The van der Waals surface area contributed by atoms with Gasteiger partial charge in [-0.2, -0.15) is 0 Å². The van der Waals surface area contributed by atoms with E-state index < -0.39 is 23.6 Å². The van der Waals surface area contributed by atoms with Crippen LogP contribution in [0.2, 0.25) is 0 Å². The molecule has 0 saturated heterocycles. The third kappa shape index (κ3) is 3.62. The Morgan fingerprint density at radius 3 is 2.30 bits per heavy atom. The van der Waals surface area contributed by atoms with Crippen LogP contribution in [0.5, 0.6) is 5.75 Å². The average Bonchev–Trinajstić information content (AvgIpc) is 3.34. The van der Waals surface area contributed by atoms with Crippen molar-refractivity contribution >= 4 is 11.9 Å². The summed E-state index contributed by atoms with van der Waals surface area (Å²) in [6, 6.07) is 17.5. The molecule has 0 aromatic heterocycles. The van der Waals surface area contributed by atoms with Crippen molar-refractivity contribution in [2.45, 2.75) is 24.7 Å². The number of benzene rings is 2. The first-order chi connectivity index (χ1) is 14.6. The lowest BCUT2D eigenvalue weighted by Crippen LogP contribution is -2.34. The van der Waals surface area contributed by atoms with Gasteiger partial charge in [0.25, 0.3) is 0 Å². The molecule has 0 aliphatic carbocycles. The molecular weight excluding hydrogens is 384 g/mol. The van der Waals surface area contributed by atoms with E-state index in [1.54, 1.807) is 6.08 Å². The molecule has 0 radical (unpaired) electrons. The summed E-state index contributed by atoms with van der Waals surface area (Å²) in [5.41, 5.74) is 1.38. The minimum Gasteiger partial charge on any atom is -0.489 e. The molecule has 0 amide bonds. The molecule has 2 heterocycles. The standard InChI is InChI=1S/C24H22O6/c1-27-22(25)20-19-12-13-24(30-19,21(20)23(26)28-2)14-16-8-10-18(11-9-16)29-15-17-6-4-3-5-7-17/h3-13,19H,14-15H2,1-2H3/t19-,24-/m1/s1. The van der Waals surface area contributed by atoms with Crippen LogP contribution in [0.25, 0.3) is 0 Å². The first kappa shape index (κ1) is 19.9. The van der Waals surface area contributed by atoms with Gasteiger partial charge in [-0.3, -0.25) is 0 Å². The Morgan fingerprint density at radius 2 is 1.63 bits per heavy atom. The van der Waals surface area contributed by atoms with Crippen LogP contribution in [0.4, 0.5) is 0 Å². The Morgan fingerprint density at radius 1 is 0.933 bits per heavy atom. The molecule has 0 N–H and O–H groups in total. The number of ether oxygens (including phenoxy) is 4. The monoisotopic (exact) mass is 406 g/mol. The smallest absolute Gasteiger partial charge is 0.337 e. The molecule has 30 heavy (non-hydrogen) atoms. The van der Waals surface area contributed by atoms with Gasteiger partial charge in [0, 0.05) is 6.42 Å². The molecule has 4 rings (SSSR count). The van der Waals surface area contributed by atoms with Crippen molar-refractivity contribution in [2.24, 2.45) is 0 Å². The second-order valence-electron chi connectivity index (χ2n) is 7.15. The maximum Gasteiger partial charge on any atom is 0.337 e. The van der Waals surface area contributed by atoms with Crippen molar-refractivity contribution in [3.63, 3.8) is 0 Å². The van der Waals surface area contributed by atoms with Crippen molar-refractivity contribution < 1.29 is 28.5 Å². The third-order valence-electron chi connectivity index (χ3n) is 5.29. The fraction of sp³-hybridized carbons (Fsp3) is 0.250. The van der Waals surface area contributed by atoms with Gasteiger partial charge in [-0.05, 0) is 29.3 Å². The Bertz CT molecular complexity index is 1010. The van der Waals surface area contributed by atoms with Gasteiger partial charge < -0.3 is 18.9 Å². The van der Waals surface area contributed by atoms with Gasteiger partial charge in [-0.1, -0.05) is 48.5 Å². The topological polar surface area (TPSA) is 71.1 Å². The molecule has 2 bridgehead atoms. The van der Waals surface area contributed by atoms with Gasteiger partial charge in [0.15, 0.2) is 0 Å². The molecule has 0 saturated carbocycles. The van der Waals surface area contributed by atoms with E-state index in [-0.39, 0.29) is 11.1 Å². The molecular formula is C24H22O6. The van der Waals surface area contributed by atoms with Crippen LogP contribution in [0.3, 0.4) is 0 Å². The molecule has 2 aromatic rings. The predicted octanol–water partition coefficient (Wildman–Crippen LogP) is 3.16. The van der Waals surface area contributed by atoms with Crippen molar-refractivity contribution in [3.8, 4) is 5.75 Å². The van der Waals surface area contributed by atoms with Crippen LogP contribution in [0.15, 0.2) is 77.9 Å². The summed E-state index contributed by atoms with van der Waals surface area (Å²) in [7, 11) is 2.56. The normalized spacial score (nSPS) is 21.6. The van der Waals surface area contributed by atoms with Crippen LogP contribution >= 0.6 is 0 Å². The molecule has 6 nitrogen and oxygen atoms in total. The van der Waals surface area contributed by atoms with Crippen molar-refractivity contribution in [2.75, 3.05) is 14.2 Å². The molecule has 2 aromatic carbocycles. The molecule has 2 atom stereocenters. The zero-order chi connectivity index (χ0) is 21.1. The highest BCUT2D eigenvalue weighted by atomic mass is 16.6. The van der Waals surface area contributed by atoms with Gasteiger partial charge in [0.2, 0.25) is 0 Å². The number of hydrogen-bond acceptors (Lipinski definition) is 6. The van der Waals surface area contributed by atoms with Gasteiger partial charge in [0.05, 0.1) is 25.4 Å². The minimum atomic E-state index is -1.05. The van der Waals surface area contributed by atoms with Crippen LogP contribution < -0.4 is 4.74 Å². The Balaban J connectivity index is 1.53. The first-order valence-corrected chi connectivity index (χ1v) is 9.60. The summed E-state index contributed by atoms with van der Waals surface area (Å²) in [5, 5.41) is 0. The Hall–Kier alpha value is -3.38. The van der Waals surface area contributed by atoms with E-state index in [0.29, 0.717) is 13.0 Å². The molecule has 154 valence electrons. The number of methoxy groups -OCH3 is 2. The van der Waals surface area contributed by atoms with E-state index in [9.17, 15) is 9.59 Å². The number of fused-ring (bicyclic) bond motifs is 2. The molecule has 2 aliphatic rings. The quantitative estimate of drug-likeness (QED) is 0.520. The van der Waals surface area contributed by atoms with E-state index in [1.807, 2.05) is 60.7 Å². The molecule has 6 heteroatoms. The second-order valence-corrected chi connectivity index (χ2v) is 7.15.